The van der Waals surface area contributed by atoms with Gasteiger partial charge in [0.25, 0.3) is 0 Å². The number of pyridine rings is 1. The molecule has 1 saturated heterocycles. The van der Waals surface area contributed by atoms with Gasteiger partial charge in [0, 0.05) is 50.9 Å². The maximum atomic E-state index is 8.96. The Kier molecular flexibility index (Phi) is 4.25. The lowest BCUT2D eigenvalue weighted by atomic mass is 10.1. The Morgan fingerprint density at radius 2 is 1.85 bits per heavy atom. The second-order valence-electron chi connectivity index (χ2n) is 5.37. The molecule has 20 heavy (non-hydrogen) atoms. The van der Waals surface area contributed by atoms with E-state index in [1.54, 1.807) is 0 Å². The lowest BCUT2D eigenvalue weighted by molar-refractivity contribution is 0.108. The van der Waals surface area contributed by atoms with Crippen molar-refractivity contribution in [3.8, 4) is 0 Å². The van der Waals surface area contributed by atoms with Crippen molar-refractivity contribution in [3.63, 3.8) is 0 Å². The Morgan fingerprint density at radius 1 is 1.05 bits per heavy atom. The molecule has 106 valence electrons. The highest BCUT2D eigenvalue weighted by Gasteiger charge is 2.16. The molecular weight excluding hydrogens is 250 g/mol. The summed E-state index contributed by atoms with van der Waals surface area (Å²) >= 11 is 0. The van der Waals surface area contributed by atoms with Gasteiger partial charge in [0.2, 0.25) is 0 Å². The molecule has 1 aromatic carbocycles. The molecule has 0 aliphatic carbocycles. The second-order valence-corrected chi connectivity index (χ2v) is 5.37. The lowest BCUT2D eigenvalue weighted by Crippen LogP contribution is -2.46. The first-order valence-corrected chi connectivity index (χ1v) is 7.24. The van der Waals surface area contributed by atoms with Crippen LogP contribution in [0.3, 0.4) is 0 Å². The number of β-amino-alcohol motifs (C(OH)–C–C–N with tert-alkyl or cyclic N) is 1. The van der Waals surface area contributed by atoms with E-state index in [4.69, 9.17) is 5.11 Å². The minimum absolute atomic E-state index is 0.262. The van der Waals surface area contributed by atoms with Crippen LogP contribution in [0.4, 0.5) is 0 Å². The maximum absolute atomic E-state index is 8.96. The molecule has 0 radical (unpaired) electrons. The van der Waals surface area contributed by atoms with E-state index in [9.17, 15) is 0 Å². The van der Waals surface area contributed by atoms with Crippen LogP contribution in [-0.4, -0.2) is 59.2 Å². The minimum Gasteiger partial charge on any atom is -0.395 e. The van der Waals surface area contributed by atoms with Crippen molar-refractivity contribution in [2.75, 3.05) is 39.3 Å². The Balaban J connectivity index is 1.62. The molecule has 2 heterocycles. The predicted octanol–water partition coefficient (Wildman–Crippen LogP) is 1.34. The topological polar surface area (TPSA) is 39.6 Å². The van der Waals surface area contributed by atoms with E-state index in [0.717, 1.165) is 44.8 Å². The number of rotatable bonds is 4. The van der Waals surface area contributed by atoms with Gasteiger partial charge in [-0.1, -0.05) is 12.1 Å². The number of hydrogen-bond acceptors (Lipinski definition) is 4. The number of hydrogen-bond donors (Lipinski definition) is 1. The molecule has 0 saturated carbocycles. The summed E-state index contributed by atoms with van der Waals surface area (Å²) in [5, 5.41) is 10.2. The van der Waals surface area contributed by atoms with E-state index in [0.29, 0.717) is 0 Å². The monoisotopic (exact) mass is 271 g/mol. The van der Waals surface area contributed by atoms with E-state index in [1.807, 2.05) is 12.3 Å². The number of fused-ring (bicyclic) bond motifs is 1. The maximum Gasteiger partial charge on any atom is 0.0702 e. The van der Waals surface area contributed by atoms with Crippen molar-refractivity contribution >= 4 is 10.9 Å². The lowest BCUT2D eigenvalue weighted by Gasteiger charge is -2.34. The first-order valence-electron chi connectivity index (χ1n) is 7.24. The van der Waals surface area contributed by atoms with Crippen molar-refractivity contribution in [1.82, 2.24) is 14.8 Å². The average Bonchev–Trinajstić information content (AvgIpc) is 2.49. The Bertz CT molecular complexity index is 564. The molecule has 1 N–H and O–H groups in total. The largest absolute Gasteiger partial charge is 0.395 e. The highest BCUT2D eigenvalue weighted by Crippen LogP contribution is 2.15. The number of aliphatic hydroxyl groups excluding tert-OH is 1. The summed E-state index contributed by atoms with van der Waals surface area (Å²) in [6, 6.07) is 10.6. The van der Waals surface area contributed by atoms with Crippen LogP contribution in [0, 0.1) is 0 Å². The number of benzene rings is 1. The molecule has 0 bridgehead atoms. The van der Waals surface area contributed by atoms with Gasteiger partial charge in [-0.2, -0.15) is 0 Å². The second kappa shape index (κ2) is 6.31. The third-order valence-corrected chi connectivity index (χ3v) is 3.95. The summed E-state index contributed by atoms with van der Waals surface area (Å²) in [4.78, 5) is 9.15. The first-order chi connectivity index (χ1) is 9.85. The van der Waals surface area contributed by atoms with Crippen LogP contribution in [0.25, 0.3) is 10.9 Å². The van der Waals surface area contributed by atoms with Gasteiger partial charge in [-0.3, -0.25) is 14.8 Å². The van der Waals surface area contributed by atoms with Gasteiger partial charge >= 0.3 is 0 Å². The normalized spacial score (nSPS) is 17.6. The summed E-state index contributed by atoms with van der Waals surface area (Å²) in [5.74, 6) is 0. The SMILES string of the molecule is OCCN1CCN(Cc2ccc3ncccc3c2)CC1. The standard InChI is InChI=1S/C16H21N3O/c20-11-10-18-6-8-19(9-7-18)13-14-3-4-16-15(12-14)2-1-5-17-16/h1-5,12,20H,6-11,13H2. The van der Waals surface area contributed by atoms with Crippen LogP contribution >= 0.6 is 0 Å². The molecule has 1 aliphatic rings. The van der Waals surface area contributed by atoms with E-state index >= 15 is 0 Å². The Morgan fingerprint density at radius 3 is 2.65 bits per heavy atom. The summed E-state index contributed by atoms with van der Waals surface area (Å²) in [7, 11) is 0. The zero-order valence-corrected chi connectivity index (χ0v) is 11.7. The highest BCUT2D eigenvalue weighted by molar-refractivity contribution is 5.78. The summed E-state index contributed by atoms with van der Waals surface area (Å²) in [5.41, 5.74) is 2.41. The van der Waals surface area contributed by atoms with Crippen LogP contribution < -0.4 is 0 Å². The van der Waals surface area contributed by atoms with Gasteiger partial charge in [0.1, 0.15) is 0 Å². The van der Waals surface area contributed by atoms with E-state index in [2.05, 4.69) is 39.0 Å². The fourth-order valence-electron chi connectivity index (χ4n) is 2.79. The molecule has 0 atom stereocenters. The Hall–Kier alpha value is -1.49. The third kappa shape index (κ3) is 3.15. The van der Waals surface area contributed by atoms with E-state index in [1.165, 1.54) is 10.9 Å². The molecule has 4 nitrogen and oxygen atoms in total. The van der Waals surface area contributed by atoms with Gasteiger partial charge in [-0.05, 0) is 23.8 Å². The van der Waals surface area contributed by atoms with Crippen molar-refractivity contribution in [2.24, 2.45) is 0 Å². The molecule has 0 amide bonds. The third-order valence-electron chi connectivity index (χ3n) is 3.95. The van der Waals surface area contributed by atoms with Crippen LogP contribution in [0.2, 0.25) is 0 Å². The average molecular weight is 271 g/mol. The molecule has 4 heteroatoms. The van der Waals surface area contributed by atoms with Gasteiger partial charge in [0.05, 0.1) is 12.1 Å². The predicted molar refractivity (Wildman–Crippen MR) is 80.5 cm³/mol. The fourth-order valence-corrected chi connectivity index (χ4v) is 2.79. The van der Waals surface area contributed by atoms with Crippen LogP contribution in [-0.2, 0) is 6.54 Å². The molecular formula is C16H21N3O. The molecule has 0 unspecified atom stereocenters. The quantitative estimate of drug-likeness (QED) is 0.911. The van der Waals surface area contributed by atoms with E-state index in [-0.39, 0.29) is 6.61 Å². The fraction of sp³-hybridized carbons (Fsp3) is 0.438. The Labute approximate surface area is 119 Å². The molecule has 3 rings (SSSR count). The van der Waals surface area contributed by atoms with Gasteiger partial charge in [0.15, 0.2) is 0 Å². The zero-order chi connectivity index (χ0) is 13.8. The molecule has 1 fully saturated rings. The number of aromatic nitrogens is 1. The summed E-state index contributed by atoms with van der Waals surface area (Å²) in [6.07, 6.45) is 1.84. The molecule has 0 spiro atoms. The molecule has 1 aliphatic heterocycles. The minimum atomic E-state index is 0.262. The van der Waals surface area contributed by atoms with Crippen LogP contribution in [0.5, 0.6) is 0 Å². The van der Waals surface area contributed by atoms with Gasteiger partial charge < -0.3 is 5.11 Å². The van der Waals surface area contributed by atoms with Crippen molar-refractivity contribution in [2.45, 2.75) is 6.54 Å². The summed E-state index contributed by atoms with van der Waals surface area (Å²) in [6.45, 7) is 6.31. The zero-order valence-electron chi connectivity index (χ0n) is 11.7. The highest BCUT2D eigenvalue weighted by atomic mass is 16.3. The van der Waals surface area contributed by atoms with Crippen molar-refractivity contribution in [1.29, 1.82) is 0 Å². The number of nitrogens with zero attached hydrogens (tertiary/aromatic N) is 3. The smallest absolute Gasteiger partial charge is 0.0702 e. The molecule has 2 aromatic rings. The summed E-state index contributed by atoms with van der Waals surface area (Å²) < 4.78 is 0. The van der Waals surface area contributed by atoms with Crippen LogP contribution in [0.1, 0.15) is 5.56 Å². The number of aliphatic hydroxyl groups is 1. The van der Waals surface area contributed by atoms with Gasteiger partial charge in [-0.15, -0.1) is 0 Å². The van der Waals surface area contributed by atoms with Gasteiger partial charge in [-0.25, -0.2) is 0 Å². The van der Waals surface area contributed by atoms with E-state index < -0.39 is 0 Å². The number of piperazine rings is 1. The first kappa shape index (κ1) is 13.5. The van der Waals surface area contributed by atoms with Crippen molar-refractivity contribution in [3.05, 3.63) is 42.1 Å². The van der Waals surface area contributed by atoms with Crippen molar-refractivity contribution < 1.29 is 5.11 Å². The van der Waals surface area contributed by atoms with Crippen LogP contribution in [0.15, 0.2) is 36.5 Å². The molecule has 1 aromatic heterocycles.